The first kappa shape index (κ1) is 20.1. The Morgan fingerprint density at radius 3 is 2.69 bits per heavy atom. The third kappa shape index (κ3) is 5.01. The zero-order valence-corrected chi connectivity index (χ0v) is 15.6. The number of rotatable bonds is 6. The van der Waals surface area contributed by atoms with E-state index in [0.29, 0.717) is 19.4 Å². The lowest BCUT2D eigenvalue weighted by atomic mass is 9.97. The van der Waals surface area contributed by atoms with Gasteiger partial charge in [0.25, 0.3) is 11.8 Å². The van der Waals surface area contributed by atoms with Crippen LogP contribution < -0.4 is 11.1 Å². The van der Waals surface area contributed by atoms with Crippen molar-refractivity contribution in [3.8, 4) is 0 Å². The first-order chi connectivity index (χ1) is 14.0. The maximum atomic E-state index is 12.5. The first-order valence-corrected chi connectivity index (χ1v) is 9.14. The number of nitrogens with two attached hydrogens (primary N) is 1. The van der Waals surface area contributed by atoms with Gasteiger partial charge in [-0.25, -0.2) is 4.79 Å². The van der Waals surface area contributed by atoms with Gasteiger partial charge < -0.3 is 25.1 Å². The number of amides is 3. The molecule has 29 heavy (non-hydrogen) atoms. The number of anilines is 1. The molecule has 0 saturated carbocycles. The predicted octanol–water partition coefficient (Wildman–Crippen LogP) is 1.41. The highest BCUT2D eigenvalue weighted by molar-refractivity contribution is 6.06. The summed E-state index contributed by atoms with van der Waals surface area (Å²) in [5, 5.41) is 2.58. The van der Waals surface area contributed by atoms with Crippen LogP contribution in [0.25, 0.3) is 0 Å². The van der Waals surface area contributed by atoms with Crippen molar-refractivity contribution in [2.75, 3.05) is 25.0 Å². The zero-order chi connectivity index (χ0) is 20.8. The Morgan fingerprint density at radius 1 is 1.17 bits per heavy atom. The van der Waals surface area contributed by atoms with Crippen LogP contribution in [0.15, 0.2) is 47.1 Å². The number of primary amides is 1. The summed E-state index contributed by atoms with van der Waals surface area (Å²) >= 11 is 0. The summed E-state index contributed by atoms with van der Waals surface area (Å²) in [6.45, 7) is 0.238. The molecule has 0 radical (unpaired) electrons. The molecule has 1 aliphatic rings. The molecule has 0 spiro atoms. The molecule has 1 aliphatic heterocycles. The van der Waals surface area contributed by atoms with Crippen LogP contribution in [0.2, 0.25) is 0 Å². The lowest BCUT2D eigenvalue weighted by Crippen LogP contribution is -2.45. The third-order valence-corrected chi connectivity index (χ3v) is 4.64. The zero-order valence-electron chi connectivity index (χ0n) is 15.6. The Labute approximate surface area is 166 Å². The normalized spacial score (nSPS) is 16.1. The number of benzene rings is 1. The van der Waals surface area contributed by atoms with Crippen LogP contribution in [0.4, 0.5) is 5.69 Å². The van der Waals surface area contributed by atoms with E-state index in [1.54, 1.807) is 24.3 Å². The number of piperidine rings is 1. The van der Waals surface area contributed by atoms with Gasteiger partial charge in [-0.05, 0) is 37.1 Å². The van der Waals surface area contributed by atoms with E-state index in [-0.39, 0.29) is 29.5 Å². The molecule has 1 saturated heterocycles. The standard InChI is InChI=1S/C20H21N3O6/c21-18(25)13-5-3-9-23(11-13)17(24)12-29-20(27)14-6-1-2-7-15(14)22-19(26)16-8-4-10-28-16/h1-2,4,6-8,10,13H,3,5,9,11-12H2,(H2,21,25)(H,22,26)/t13-/m1/s1. The van der Waals surface area contributed by atoms with Gasteiger partial charge in [0.15, 0.2) is 12.4 Å². The van der Waals surface area contributed by atoms with E-state index in [2.05, 4.69) is 5.32 Å². The molecule has 2 aromatic rings. The summed E-state index contributed by atoms with van der Waals surface area (Å²) in [5.41, 5.74) is 5.66. The second-order valence-electron chi connectivity index (χ2n) is 6.63. The maximum Gasteiger partial charge on any atom is 0.340 e. The number of likely N-dealkylation sites (tertiary alicyclic amines) is 1. The van der Waals surface area contributed by atoms with Crippen LogP contribution in [-0.2, 0) is 14.3 Å². The predicted molar refractivity (Wildman–Crippen MR) is 102 cm³/mol. The highest BCUT2D eigenvalue weighted by Gasteiger charge is 2.27. The SMILES string of the molecule is NC(=O)[C@@H]1CCCN(C(=O)COC(=O)c2ccccc2NC(=O)c2ccco2)C1. The fourth-order valence-corrected chi connectivity index (χ4v) is 3.09. The van der Waals surface area contributed by atoms with Crippen molar-refractivity contribution in [3.63, 3.8) is 0 Å². The van der Waals surface area contributed by atoms with Crippen molar-refractivity contribution in [2.24, 2.45) is 11.7 Å². The fourth-order valence-electron chi connectivity index (χ4n) is 3.09. The van der Waals surface area contributed by atoms with E-state index in [1.165, 1.54) is 23.3 Å². The van der Waals surface area contributed by atoms with Crippen molar-refractivity contribution in [1.82, 2.24) is 4.90 Å². The first-order valence-electron chi connectivity index (χ1n) is 9.14. The van der Waals surface area contributed by atoms with Gasteiger partial charge in [-0.15, -0.1) is 0 Å². The van der Waals surface area contributed by atoms with Gasteiger partial charge in [0.2, 0.25) is 5.91 Å². The quantitative estimate of drug-likeness (QED) is 0.706. The second kappa shape index (κ2) is 9.05. The fraction of sp³-hybridized carbons (Fsp3) is 0.300. The molecule has 9 nitrogen and oxygen atoms in total. The van der Waals surface area contributed by atoms with E-state index >= 15 is 0 Å². The number of para-hydroxylation sites is 1. The van der Waals surface area contributed by atoms with Gasteiger partial charge in [-0.3, -0.25) is 14.4 Å². The van der Waals surface area contributed by atoms with Crippen molar-refractivity contribution in [3.05, 3.63) is 54.0 Å². The summed E-state index contributed by atoms with van der Waals surface area (Å²) in [7, 11) is 0. The third-order valence-electron chi connectivity index (χ3n) is 4.64. The Morgan fingerprint density at radius 2 is 1.97 bits per heavy atom. The summed E-state index contributed by atoms with van der Waals surface area (Å²) in [6, 6.07) is 9.35. The molecule has 152 valence electrons. The molecule has 2 heterocycles. The molecule has 3 amide bonds. The monoisotopic (exact) mass is 399 g/mol. The molecule has 0 aliphatic carbocycles. The van der Waals surface area contributed by atoms with Crippen LogP contribution in [0, 0.1) is 5.92 Å². The van der Waals surface area contributed by atoms with Crippen LogP contribution in [0.3, 0.4) is 0 Å². The second-order valence-corrected chi connectivity index (χ2v) is 6.63. The van der Waals surface area contributed by atoms with Gasteiger partial charge in [-0.1, -0.05) is 12.1 Å². The van der Waals surface area contributed by atoms with E-state index in [1.807, 2.05) is 0 Å². The van der Waals surface area contributed by atoms with Crippen LogP contribution in [0.1, 0.15) is 33.8 Å². The maximum absolute atomic E-state index is 12.5. The van der Waals surface area contributed by atoms with Gasteiger partial charge >= 0.3 is 5.97 Å². The molecule has 9 heteroatoms. The topological polar surface area (TPSA) is 132 Å². The Hall–Kier alpha value is -3.62. The lowest BCUT2D eigenvalue weighted by Gasteiger charge is -2.31. The minimum absolute atomic E-state index is 0.0949. The molecule has 1 atom stereocenters. The van der Waals surface area contributed by atoms with Crippen molar-refractivity contribution >= 4 is 29.4 Å². The average Bonchev–Trinajstić information content (AvgIpc) is 3.27. The minimum atomic E-state index is -0.753. The highest BCUT2D eigenvalue weighted by atomic mass is 16.5. The summed E-state index contributed by atoms with van der Waals surface area (Å²) in [6.07, 6.45) is 2.67. The number of esters is 1. The molecule has 0 unspecified atom stereocenters. The van der Waals surface area contributed by atoms with E-state index < -0.39 is 30.3 Å². The number of carbonyl (C=O) groups excluding carboxylic acids is 4. The molecule has 1 aromatic carbocycles. The largest absolute Gasteiger partial charge is 0.459 e. The number of carbonyl (C=O) groups is 4. The number of hydrogen-bond acceptors (Lipinski definition) is 6. The number of ether oxygens (including phenoxy) is 1. The summed E-state index contributed by atoms with van der Waals surface area (Å²) in [5.74, 6) is -2.41. The molecule has 3 rings (SSSR count). The number of nitrogens with zero attached hydrogens (tertiary/aromatic N) is 1. The smallest absolute Gasteiger partial charge is 0.340 e. The van der Waals surface area contributed by atoms with Crippen molar-refractivity contribution < 1.29 is 28.3 Å². The van der Waals surface area contributed by atoms with Gasteiger partial charge in [0.05, 0.1) is 23.4 Å². The van der Waals surface area contributed by atoms with Gasteiger partial charge in [0, 0.05) is 13.1 Å². The van der Waals surface area contributed by atoms with E-state index in [4.69, 9.17) is 14.9 Å². The Kier molecular flexibility index (Phi) is 6.28. The van der Waals surface area contributed by atoms with E-state index in [9.17, 15) is 19.2 Å². The highest BCUT2D eigenvalue weighted by Crippen LogP contribution is 2.19. The molecular formula is C20H21N3O6. The van der Waals surface area contributed by atoms with Crippen LogP contribution in [-0.4, -0.2) is 48.3 Å². The molecular weight excluding hydrogens is 378 g/mol. The van der Waals surface area contributed by atoms with Crippen LogP contribution in [0.5, 0.6) is 0 Å². The molecule has 1 fully saturated rings. The Balaban J connectivity index is 1.60. The Bertz CT molecular complexity index is 909. The van der Waals surface area contributed by atoms with Crippen molar-refractivity contribution in [1.29, 1.82) is 0 Å². The number of nitrogens with one attached hydrogen (secondary N) is 1. The lowest BCUT2D eigenvalue weighted by molar-refractivity contribution is -0.137. The van der Waals surface area contributed by atoms with E-state index in [0.717, 1.165) is 0 Å². The number of furan rings is 1. The van der Waals surface area contributed by atoms with Gasteiger partial charge in [-0.2, -0.15) is 0 Å². The summed E-state index contributed by atoms with van der Waals surface area (Å²) < 4.78 is 10.2. The molecule has 3 N–H and O–H groups in total. The molecule has 0 bridgehead atoms. The minimum Gasteiger partial charge on any atom is -0.459 e. The molecule has 1 aromatic heterocycles. The van der Waals surface area contributed by atoms with Crippen LogP contribution >= 0.6 is 0 Å². The van der Waals surface area contributed by atoms with Crippen molar-refractivity contribution in [2.45, 2.75) is 12.8 Å². The average molecular weight is 399 g/mol. The number of hydrogen-bond donors (Lipinski definition) is 2. The summed E-state index contributed by atoms with van der Waals surface area (Å²) in [4.78, 5) is 49.8. The van der Waals surface area contributed by atoms with Gasteiger partial charge in [0.1, 0.15) is 0 Å².